The SMILES string of the molecule is CCCNC(CCc1cccnc1)C1CCC1. The summed E-state index contributed by atoms with van der Waals surface area (Å²) in [5.74, 6) is 0.929. The lowest BCUT2D eigenvalue weighted by Crippen LogP contribution is -2.40. The highest BCUT2D eigenvalue weighted by Gasteiger charge is 2.26. The molecule has 0 spiro atoms. The molecule has 0 aromatic carbocycles. The summed E-state index contributed by atoms with van der Waals surface area (Å²) in [5.41, 5.74) is 1.37. The first-order chi connectivity index (χ1) is 8.40. The average Bonchev–Trinajstić information content (AvgIpc) is 2.31. The summed E-state index contributed by atoms with van der Waals surface area (Å²) in [6, 6.07) is 4.95. The van der Waals surface area contributed by atoms with E-state index in [4.69, 9.17) is 0 Å². The van der Waals surface area contributed by atoms with Gasteiger partial charge in [-0.25, -0.2) is 0 Å². The van der Waals surface area contributed by atoms with Crippen molar-refractivity contribution in [3.05, 3.63) is 30.1 Å². The molecule has 1 aromatic rings. The smallest absolute Gasteiger partial charge is 0.0299 e. The Morgan fingerprint density at radius 1 is 1.47 bits per heavy atom. The quantitative estimate of drug-likeness (QED) is 0.781. The van der Waals surface area contributed by atoms with E-state index in [1.54, 1.807) is 0 Å². The van der Waals surface area contributed by atoms with Crippen LogP contribution in [0.4, 0.5) is 0 Å². The molecule has 0 radical (unpaired) electrons. The molecule has 0 amide bonds. The largest absolute Gasteiger partial charge is 0.314 e. The standard InChI is InChI=1S/C15H24N2/c1-2-10-17-15(14-6-3-7-14)9-8-13-5-4-11-16-12-13/h4-5,11-12,14-15,17H,2-3,6-10H2,1H3. The Balaban J connectivity index is 1.80. The minimum atomic E-state index is 0.726. The molecule has 1 atom stereocenters. The molecule has 0 saturated heterocycles. The van der Waals surface area contributed by atoms with Crippen LogP contribution in [0.1, 0.15) is 44.6 Å². The first-order valence-electron chi connectivity index (χ1n) is 7.02. The van der Waals surface area contributed by atoms with Crippen LogP contribution in [0.25, 0.3) is 0 Å². The van der Waals surface area contributed by atoms with E-state index in [-0.39, 0.29) is 0 Å². The summed E-state index contributed by atoms with van der Waals surface area (Å²) in [7, 11) is 0. The normalized spacial score (nSPS) is 17.7. The van der Waals surface area contributed by atoms with Crippen molar-refractivity contribution < 1.29 is 0 Å². The maximum Gasteiger partial charge on any atom is 0.0299 e. The highest BCUT2D eigenvalue weighted by Crippen LogP contribution is 2.31. The molecule has 1 aromatic heterocycles. The van der Waals surface area contributed by atoms with E-state index >= 15 is 0 Å². The molecule has 1 saturated carbocycles. The van der Waals surface area contributed by atoms with E-state index in [1.165, 1.54) is 37.7 Å². The minimum absolute atomic E-state index is 0.726. The number of aryl methyl sites for hydroxylation is 1. The van der Waals surface area contributed by atoms with Crippen LogP contribution in [-0.2, 0) is 6.42 Å². The minimum Gasteiger partial charge on any atom is -0.314 e. The van der Waals surface area contributed by atoms with Crippen LogP contribution >= 0.6 is 0 Å². The molecule has 1 fully saturated rings. The van der Waals surface area contributed by atoms with Gasteiger partial charge >= 0.3 is 0 Å². The van der Waals surface area contributed by atoms with Gasteiger partial charge in [0, 0.05) is 18.4 Å². The van der Waals surface area contributed by atoms with Gasteiger partial charge in [-0.3, -0.25) is 4.98 Å². The monoisotopic (exact) mass is 232 g/mol. The number of pyridine rings is 1. The Bertz CT molecular complexity index is 306. The van der Waals surface area contributed by atoms with E-state index < -0.39 is 0 Å². The van der Waals surface area contributed by atoms with Crippen LogP contribution in [0, 0.1) is 5.92 Å². The number of rotatable bonds is 7. The van der Waals surface area contributed by atoms with Crippen LogP contribution < -0.4 is 5.32 Å². The van der Waals surface area contributed by atoms with Gasteiger partial charge < -0.3 is 5.32 Å². The molecule has 94 valence electrons. The van der Waals surface area contributed by atoms with E-state index in [0.717, 1.165) is 24.9 Å². The van der Waals surface area contributed by atoms with Crippen molar-refractivity contribution in [2.24, 2.45) is 5.92 Å². The number of nitrogens with zero attached hydrogens (tertiary/aromatic N) is 1. The van der Waals surface area contributed by atoms with Crippen molar-refractivity contribution in [1.29, 1.82) is 0 Å². The van der Waals surface area contributed by atoms with Gasteiger partial charge in [-0.05, 0) is 56.2 Å². The van der Waals surface area contributed by atoms with Crippen LogP contribution in [0.15, 0.2) is 24.5 Å². The van der Waals surface area contributed by atoms with E-state index in [0.29, 0.717) is 0 Å². The maximum atomic E-state index is 4.18. The fourth-order valence-corrected chi connectivity index (χ4v) is 2.54. The number of aromatic nitrogens is 1. The highest BCUT2D eigenvalue weighted by atomic mass is 14.9. The van der Waals surface area contributed by atoms with Gasteiger partial charge in [-0.15, -0.1) is 0 Å². The van der Waals surface area contributed by atoms with Gasteiger partial charge in [0.15, 0.2) is 0 Å². The molecular formula is C15H24N2. The summed E-state index contributed by atoms with van der Waals surface area (Å²) in [6.45, 7) is 3.40. The zero-order valence-electron chi connectivity index (χ0n) is 10.9. The molecule has 1 aliphatic carbocycles. The molecule has 2 rings (SSSR count). The van der Waals surface area contributed by atoms with Crippen molar-refractivity contribution in [2.75, 3.05) is 6.54 Å². The first kappa shape index (κ1) is 12.6. The second-order valence-electron chi connectivity index (χ2n) is 5.15. The van der Waals surface area contributed by atoms with Gasteiger partial charge in [0.25, 0.3) is 0 Å². The van der Waals surface area contributed by atoms with Crippen LogP contribution in [-0.4, -0.2) is 17.6 Å². The number of nitrogens with one attached hydrogen (secondary N) is 1. The Labute approximate surface area is 105 Å². The Morgan fingerprint density at radius 3 is 2.94 bits per heavy atom. The van der Waals surface area contributed by atoms with Crippen LogP contribution in [0.3, 0.4) is 0 Å². The van der Waals surface area contributed by atoms with Gasteiger partial charge in [-0.1, -0.05) is 19.4 Å². The van der Waals surface area contributed by atoms with Gasteiger partial charge in [-0.2, -0.15) is 0 Å². The van der Waals surface area contributed by atoms with Gasteiger partial charge in [0.05, 0.1) is 0 Å². The Morgan fingerprint density at radius 2 is 2.35 bits per heavy atom. The molecule has 17 heavy (non-hydrogen) atoms. The molecule has 1 aliphatic rings. The summed E-state index contributed by atoms with van der Waals surface area (Å²) in [5, 5.41) is 3.72. The third-order valence-electron chi connectivity index (χ3n) is 3.84. The third kappa shape index (κ3) is 3.81. The molecule has 1 heterocycles. The van der Waals surface area contributed by atoms with Crippen molar-refractivity contribution >= 4 is 0 Å². The number of hydrogen-bond acceptors (Lipinski definition) is 2. The average molecular weight is 232 g/mol. The third-order valence-corrected chi connectivity index (χ3v) is 3.84. The Hall–Kier alpha value is -0.890. The molecular weight excluding hydrogens is 208 g/mol. The summed E-state index contributed by atoms with van der Waals surface area (Å²) >= 11 is 0. The van der Waals surface area contributed by atoms with Crippen LogP contribution in [0.5, 0.6) is 0 Å². The summed E-state index contributed by atoms with van der Waals surface area (Å²) < 4.78 is 0. The zero-order chi connectivity index (χ0) is 11.9. The Kier molecular flexibility index (Phi) is 4.99. The highest BCUT2D eigenvalue weighted by molar-refractivity contribution is 5.08. The van der Waals surface area contributed by atoms with Crippen molar-refractivity contribution in [3.63, 3.8) is 0 Å². The molecule has 1 N–H and O–H groups in total. The molecule has 0 bridgehead atoms. The lowest BCUT2D eigenvalue weighted by atomic mass is 9.78. The first-order valence-corrected chi connectivity index (χ1v) is 7.02. The van der Waals surface area contributed by atoms with Gasteiger partial charge in [0.1, 0.15) is 0 Å². The molecule has 1 unspecified atom stereocenters. The second kappa shape index (κ2) is 6.75. The summed E-state index contributed by atoms with van der Waals surface area (Å²) in [4.78, 5) is 4.18. The van der Waals surface area contributed by atoms with Crippen molar-refractivity contribution in [1.82, 2.24) is 10.3 Å². The van der Waals surface area contributed by atoms with E-state index in [9.17, 15) is 0 Å². The fraction of sp³-hybridized carbons (Fsp3) is 0.667. The maximum absolute atomic E-state index is 4.18. The fourth-order valence-electron chi connectivity index (χ4n) is 2.54. The molecule has 2 nitrogen and oxygen atoms in total. The second-order valence-corrected chi connectivity index (χ2v) is 5.15. The molecule has 0 aliphatic heterocycles. The zero-order valence-corrected chi connectivity index (χ0v) is 10.9. The number of hydrogen-bond donors (Lipinski definition) is 1. The predicted octanol–water partition coefficient (Wildman–Crippen LogP) is 3.18. The summed E-state index contributed by atoms with van der Waals surface area (Å²) in [6.07, 6.45) is 11.8. The predicted molar refractivity (Wildman–Crippen MR) is 72.0 cm³/mol. The molecule has 2 heteroatoms. The van der Waals surface area contributed by atoms with Crippen molar-refractivity contribution in [3.8, 4) is 0 Å². The van der Waals surface area contributed by atoms with Crippen LogP contribution in [0.2, 0.25) is 0 Å². The lowest BCUT2D eigenvalue weighted by Gasteiger charge is -2.34. The van der Waals surface area contributed by atoms with E-state index in [2.05, 4.69) is 23.3 Å². The van der Waals surface area contributed by atoms with Gasteiger partial charge in [0.2, 0.25) is 0 Å². The lowest BCUT2D eigenvalue weighted by molar-refractivity contribution is 0.220. The topological polar surface area (TPSA) is 24.9 Å². The van der Waals surface area contributed by atoms with Crippen molar-refractivity contribution in [2.45, 2.75) is 51.5 Å². The van der Waals surface area contributed by atoms with E-state index in [1.807, 2.05) is 18.5 Å².